The van der Waals surface area contributed by atoms with Gasteiger partial charge in [-0.1, -0.05) is 32.3 Å². The summed E-state index contributed by atoms with van der Waals surface area (Å²) in [5, 5.41) is 0. The highest BCUT2D eigenvalue weighted by Gasteiger charge is 2.17. The summed E-state index contributed by atoms with van der Waals surface area (Å²) in [7, 11) is 0. The normalized spacial score (nSPS) is 27.3. The summed E-state index contributed by atoms with van der Waals surface area (Å²) in [5.41, 5.74) is 1.11. The van der Waals surface area contributed by atoms with Crippen molar-refractivity contribution in [1.29, 1.82) is 0 Å². The van der Waals surface area contributed by atoms with Crippen LogP contribution in [0.3, 0.4) is 0 Å². The molecule has 15 heavy (non-hydrogen) atoms. The van der Waals surface area contributed by atoms with E-state index in [9.17, 15) is 0 Å². The minimum absolute atomic E-state index is 0.910. The standard InChI is InChI=1S/C13H20N2/c1-11-4-2-5-12(8-11)6-3-7-13-9-14-10-15-13/h3,7,9-12H,2,4-6,8H2,1H3,(H,14,15). The third-order valence-electron chi connectivity index (χ3n) is 3.33. The van der Waals surface area contributed by atoms with Crippen LogP contribution < -0.4 is 0 Å². The van der Waals surface area contributed by atoms with Gasteiger partial charge in [-0.2, -0.15) is 0 Å². The number of hydrogen-bond acceptors (Lipinski definition) is 1. The van der Waals surface area contributed by atoms with Gasteiger partial charge in [0.2, 0.25) is 0 Å². The highest BCUT2D eigenvalue weighted by Crippen LogP contribution is 2.30. The third-order valence-corrected chi connectivity index (χ3v) is 3.33. The molecular formula is C13H20N2. The molecule has 82 valence electrons. The second-order valence-corrected chi connectivity index (χ2v) is 4.78. The van der Waals surface area contributed by atoms with Crippen molar-refractivity contribution in [2.75, 3.05) is 0 Å². The summed E-state index contributed by atoms with van der Waals surface area (Å²) in [6, 6.07) is 0. The molecule has 1 saturated carbocycles. The van der Waals surface area contributed by atoms with Gasteiger partial charge in [-0.15, -0.1) is 0 Å². The van der Waals surface area contributed by atoms with Gasteiger partial charge < -0.3 is 4.98 Å². The first-order chi connectivity index (χ1) is 7.34. The number of rotatable bonds is 3. The predicted molar refractivity (Wildman–Crippen MR) is 63.4 cm³/mol. The topological polar surface area (TPSA) is 28.7 Å². The second-order valence-electron chi connectivity index (χ2n) is 4.78. The van der Waals surface area contributed by atoms with Crippen molar-refractivity contribution in [3.05, 3.63) is 24.3 Å². The van der Waals surface area contributed by atoms with E-state index in [0.717, 1.165) is 17.5 Å². The Morgan fingerprint density at radius 1 is 1.53 bits per heavy atom. The average molecular weight is 204 g/mol. The van der Waals surface area contributed by atoms with E-state index in [1.165, 1.54) is 32.1 Å². The number of imidazole rings is 1. The first kappa shape index (κ1) is 10.5. The van der Waals surface area contributed by atoms with Crippen LogP contribution in [0.15, 0.2) is 18.6 Å². The molecule has 1 fully saturated rings. The molecule has 2 rings (SSSR count). The molecule has 2 heteroatoms. The molecule has 2 unspecified atom stereocenters. The molecule has 0 bridgehead atoms. The van der Waals surface area contributed by atoms with Crippen molar-refractivity contribution in [3.63, 3.8) is 0 Å². The minimum Gasteiger partial charge on any atom is -0.345 e. The van der Waals surface area contributed by atoms with Gasteiger partial charge in [-0.05, 0) is 30.8 Å². The monoisotopic (exact) mass is 204 g/mol. The van der Waals surface area contributed by atoms with Crippen LogP contribution in [0.1, 0.15) is 44.7 Å². The maximum Gasteiger partial charge on any atom is 0.0924 e. The lowest BCUT2D eigenvalue weighted by Gasteiger charge is -2.25. The summed E-state index contributed by atoms with van der Waals surface area (Å²) in [6.07, 6.45) is 14.9. The molecule has 0 amide bonds. The zero-order chi connectivity index (χ0) is 10.5. The Hall–Kier alpha value is -1.05. The Morgan fingerprint density at radius 3 is 3.20 bits per heavy atom. The molecule has 2 atom stereocenters. The summed E-state index contributed by atoms with van der Waals surface area (Å²) in [6.45, 7) is 2.38. The van der Waals surface area contributed by atoms with Crippen LogP contribution in [0.5, 0.6) is 0 Å². The first-order valence-corrected chi connectivity index (χ1v) is 5.99. The van der Waals surface area contributed by atoms with E-state index in [4.69, 9.17) is 0 Å². The van der Waals surface area contributed by atoms with Gasteiger partial charge in [0.25, 0.3) is 0 Å². The molecule has 0 spiro atoms. The largest absolute Gasteiger partial charge is 0.345 e. The molecule has 1 heterocycles. The SMILES string of the molecule is CC1CCCC(CC=Cc2cnc[nH]2)C1. The minimum atomic E-state index is 0.910. The van der Waals surface area contributed by atoms with Gasteiger partial charge >= 0.3 is 0 Å². The molecule has 1 aliphatic carbocycles. The molecule has 0 radical (unpaired) electrons. The number of hydrogen-bond donors (Lipinski definition) is 1. The van der Waals surface area contributed by atoms with Gasteiger partial charge in [0.1, 0.15) is 0 Å². The van der Waals surface area contributed by atoms with E-state index in [1.54, 1.807) is 6.33 Å². The highest BCUT2D eigenvalue weighted by molar-refractivity contribution is 5.42. The van der Waals surface area contributed by atoms with E-state index >= 15 is 0 Å². The average Bonchev–Trinajstić information content (AvgIpc) is 2.71. The molecule has 1 aromatic heterocycles. The highest BCUT2D eigenvalue weighted by atomic mass is 14.8. The van der Waals surface area contributed by atoms with Gasteiger partial charge in [0.15, 0.2) is 0 Å². The molecule has 1 aromatic rings. The second kappa shape index (κ2) is 5.15. The fourth-order valence-corrected chi connectivity index (χ4v) is 2.52. The Labute approximate surface area is 91.8 Å². The van der Waals surface area contributed by atoms with Crippen LogP contribution in [0, 0.1) is 11.8 Å². The van der Waals surface area contributed by atoms with Crippen LogP contribution in [0.4, 0.5) is 0 Å². The van der Waals surface area contributed by atoms with Gasteiger partial charge in [0.05, 0.1) is 18.2 Å². The summed E-state index contributed by atoms with van der Waals surface area (Å²) in [4.78, 5) is 7.08. The summed E-state index contributed by atoms with van der Waals surface area (Å²) >= 11 is 0. The quantitative estimate of drug-likeness (QED) is 0.800. The first-order valence-electron chi connectivity index (χ1n) is 5.99. The molecule has 1 N–H and O–H groups in total. The van der Waals surface area contributed by atoms with Crippen LogP contribution in [0.25, 0.3) is 6.08 Å². The summed E-state index contributed by atoms with van der Waals surface area (Å²) in [5.74, 6) is 1.84. The van der Waals surface area contributed by atoms with Crippen molar-refractivity contribution in [2.45, 2.75) is 39.0 Å². The molecule has 0 aromatic carbocycles. The lowest BCUT2D eigenvalue weighted by atomic mass is 9.81. The Bertz CT molecular complexity index is 300. The molecular weight excluding hydrogens is 184 g/mol. The van der Waals surface area contributed by atoms with Gasteiger partial charge in [-0.3, -0.25) is 0 Å². The van der Waals surface area contributed by atoms with Crippen LogP contribution in [-0.4, -0.2) is 9.97 Å². The van der Waals surface area contributed by atoms with Crippen molar-refractivity contribution in [3.8, 4) is 0 Å². The number of aromatic amines is 1. The Balaban J connectivity index is 1.77. The molecule has 2 nitrogen and oxygen atoms in total. The predicted octanol–water partition coefficient (Wildman–Crippen LogP) is 3.64. The van der Waals surface area contributed by atoms with Crippen LogP contribution >= 0.6 is 0 Å². The van der Waals surface area contributed by atoms with E-state index in [1.807, 2.05) is 6.20 Å². The fraction of sp³-hybridized carbons (Fsp3) is 0.615. The number of nitrogens with zero attached hydrogens (tertiary/aromatic N) is 1. The van der Waals surface area contributed by atoms with Crippen molar-refractivity contribution >= 4 is 6.08 Å². The number of allylic oxidation sites excluding steroid dienone is 1. The third kappa shape index (κ3) is 3.22. The summed E-state index contributed by atoms with van der Waals surface area (Å²) < 4.78 is 0. The van der Waals surface area contributed by atoms with Crippen LogP contribution in [0.2, 0.25) is 0 Å². The Kier molecular flexibility index (Phi) is 3.59. The molecule has 0 aliphatic heterocycles. The van der Waals surface area contributed by atoms with Gasteiger partial charge in [-0.25, -0.2) is 4.98 Å². The number of H-pyrrole nitrogens is 1. The lowest BCUT2D eigenvalue weighted by molar-refractivity contribution is 0.285. The molecule has 1 aliphatic rings. The maximum absolute atomic E-state index is 3.99. The van der Waals surface area contributed by atoms with Crippen molar-refractivity contribution in [1.82, 2.24) is 9.97 Å². The smallest absolute Gasteiger partial charge is 0.0924 e. The molecule has 0 saturated heterocycles. The maximum atomic E-state index is 3.99. The zero-order valence-corrected chi connectivity index (χ0v) is 9.45. The number of aromatic nitrogens is 2. The van der Waals surface area contributed by atoms with Crippen molar-refractivity contribution in [2.24, 2.45) is 11.8 Å². The fourth-order valence-electron chi connectivity index (χ4n) is 2.52. The van der Waals surface area contributed by atoms with Crippen molar-refractivity contribution < 1.29 is 0 Å². The van der Waals surface area contributed by atoms with E-state index < -0.39 is 0 Å². The van der Waals surface area contributed by atoms with E-state index in [0.29, 0.717) is 0 Å². The zero-order valence-electron chi connectivity index (χ0n) is 9.45. The lowest BCUT2D eigenvalue weighted by Crippen LogP contribution is -2.12. The van der Waals surface area contributed by atoms with E-state index in [2.05, 4.69) is 29.0 Å². The van der Waals surface area contributed by atoms with Gasteiger partial charge in [0, 0.05) is 0 Å². The van der Waals surface area contributed by atoms with E-state index in [-0.39, 0.29) is 0 Å². The van der Waals surface area contributed by atoms with Crippen LogP contribution in [-0.2, 0) is 0 Å². The number of nitrogens with one attached hydrogen (secondary N) is 1. The Morgan fingerprint density at radius 2 is 2.47 bits per heavy atom.